The molecule has 130 valence electrons. The average Bonchev–Trinajstić information content (AvgIpc) is 2.53. The topological polar surface area (TPSA) is 78.7 Å². The first-order valence-electron chi connectivity index (χ1n) is 8.72. The average molecular weight is 330 g/mol. The van der Waals surface area contributed by atoms with Crippen molar-refractivity contribution in [3.63, 3.8) is 0 Å². The van der Waals surface area contributed by atoms with Gasteiger partial charge in [-0.3, -0.25) is 9.69 Å². The number of benzene rings is 1. The number of piperidine rings is 1. The van der Waals surface area contributed by atoms with Gasteiger partial charge in [-0.1, -0.05) is 18.6 Å². The molecule has 3 rings (SSSR count). The summed E-state index contributed by atoms with van der Waals surface area (Å²) in [5.74, 6) is -0.441. The zero-order valence-electron chi connectivity index (χ0n) is 14.2. The molecule has 24 heavy (non-hydrogen) atoms. The van der Waals surface area contributed by atoms with Crippen LogP contribution in [0.15, 0.2) is 24.3 Å². The second-order valence-corrected chi connectivity index (χ2v) is 6.86. The lowest BCUT2D eigenvalue weighted by molar-refractivity contribution is 0.0169. The standard InChI is InChI=1S/C18H26N4O2/c1-13-4-2-3-9-22(13)16-11-21(12-16)18(24)20-10-14-5-7-15(8-6-14)17(19)23/h5-8,13,16H,2-4,9-12H2,1H3,(H2,19,23)(H,20,24). The Hall–Kier alpha value is -2.08. The maximum Gasteiger partial charge on any atom is 0.317 e. The highest BCUT2D eigenvalue weighted by Crippen LogP contribution is 2.24. The summed E-state index contributed by atoms with van der Waals surface area (Å²) >= 11 is 0. The fourth-order valence-corrected chi connectivity index (χ4v) is 3.57. The van der Waals surface area contributed by atoms with Crippen LogP contribution < -0.4 is 11.1 Å². The highest BCUT2D eigenvalue weighted by atomic mass is 16.2. The van der Waals surface area contributed by atoms with Gasteiger partial charge in [-0.2, -0.15) is 0 Å². The molecule has 2 fully saturated rings. The van der Waals surface area contributed by atoms with Crippen molar-refractivity contribution in [3.05, 3.63) is 35.4 Å². The molecule has 2 aliphatic rings. The molecule has 0 spiro atoms. The number of nitrogens with one attached hydrogen (secondary N) is 1. The van der Waals surface area contributed by atoms with Gasteiger partial charge in [0, 0.05) is 37.3 Å². The third-order valence-corrected chi connectivity index (χ3v) is 5.16. The number of carbonyl (C=O) groups is 2. The predicted molar refractivity (Wildman–Crippen MR) is 92.6 cm³/mol. The number of hydrogen-bond donors (Lipinski definition) is 2. The van der Waals surface area contributed by atoms with Crippen LogP contribution in [0, 0.1) is 0 Å². The van der Waals surface area contributed by atoms with Gasteiger partial charge < -0.3 is 16.0 Å². The first kappa shape index (κ1) is 16.8. The lowest BCUT2D eigenvalue weighted by Gasteiger charge is -2.49. The highest BCUT2D eigenvalue weighted by molar-refractivity contribution is 5.92. The first-order valence-corrected chi connectivity index (χ1v) is 8.72. The quantitative estimate of drug-likeness (QED) is 0.879. The Morgan fingerprint density at radius 3 is 2.54 bits per heavy atom. The minimum absolute atomic E-state index is 0.0186. The Kier molecular flexibility index (Phi) is 5.04. The van der Waals surface area contributed by atoms with Crippen LogP contribution in [0.1, 0.15) is 42.1 Å². The number of nitrogens with zero attached hydrogens (tertiary/aromatic N) is 2. The number of nitrogens with two attached hydrogens (primary N) is 1. The molecular weight excluding hydrogens is 304 g/mol. The molecule has 2 aliphatic heterocycles. The van der Waals surface area contributed by atoms with Gasteiger partial charge in [-0.25, -0.2) is 4.79 Å². The number of urea groups is 1. The van der Waals surface area contributed by atoms with Gasteiger partial charge >= 0.3 is 6.03 Å². The van der Waals surface area contributed by atoms with Gasteiger partial charge in [0.25, 0.3) is 0 Å². The van der Waals surface area contributed by atoms with Gasteiger partial charge in [0.2, 0.25) is 5.91 Å². The second kappa shape index (κ2) is 7.21. The Bertz CT molecular complexity index is 596. The number of hydrogen-bond acceptors (Lipinski definition) is 3. The van der Waals surface area contributed by atoms with Crippen molar-refractivity contribution in [2.45, 2.75) is 44.8 Å². The molecule has 3 N–H and O–H groups in total. The SMILES string of the molecule is CC1CCCCN1C1CN(C(=O)NCc2ccc(C(N)=O)cc2)C1. The van der Waals surface area contributed by atoms with E-state index in [1.807, 2.05) is 17.0 Å². The minimum atomic E-state index is -0.441. The summed E-state index contributed by atoms with van der Waals surface area (Å²) < 4.78 is 0. The van der Waals surface area contributed by atoms with E-state index in [2.05, 4.69) is 17.1 Å². The lowest BCUT2D eigenvalue weighted by Crippen LogP contribution is -2.64. The van der Waals surface area contributed by atoms with Crippen molar-refractivity contribution in [1.29, 1.82) is 0 Å². The smallest absolute Gasteiger partial charge is 0.317 e. The Balaban J connectivity index is 1.43. The Morgan fingerprint density at radius 1 is 1.21 bits per heavy atom. The van der Waals surface area contributed by atoms with Crippen LogP contribution in [-0.2, 0) is 6.54 Å². The van der Waals surface area contributed by atoms with Gasteiger partial charge in [0.05, 0.1) is 0 Å². The minimum Gasteiger partial charge on any atom is -0.366 e. The van der Waals surface area contributed by atoms with E-state index < -0.39 is 5.91 Å². The van der Waals surface area contributed by atoms with E-state index in [-0.39, 0.29) is 6.03 Å². The fraction of sp³-hybridized carbons (Fsp3) is 0.556. The molecule has 1 unspecified atom stereocenters. The summed E-state index contributed by atoms with van der Waals surface area (Å²) in [5.41, 5.74) is 6.65. The Labute approximate surface area is 143 Å². The van der Waals surface area contributed by atoms with E-state index in [1.165, 1.54) is 19.3 Å². The Morgan fingerprint density at radius 2 is 1.92 bits per heavy atom. The van der Waals surface area contributed by atoms with E-state index in [9.17, 15) is 9.59 Å². The molecule has 6 heteroatoms. The maximum absolute atomic E-state index is 12.2. The molecule has 0 saturated carbocycles. The summed E-state index contributed by atoms with van der Waals surface area (Å²) in [5, 5.41) is 2.94. The van der Waals surface area contributed by atoms with Crippen LogP contribution in [0.5, 0.6) is 0 Å². The zero-order chi connectivity index (χ0) is 17.1. The van der Waals surface area contributed by atoms with Gasteiger partial charge in [0.1, 0.15) is 0 Å². The molecule has 6 nitrogen and oxygen atoms in total. The number of amides is 3. The normalized spacial score (nSPS) is 22.0. The molecule has 1 aromatic carbocycles. The largest absolute Gasteiger partial charge is 0.366 e. The van der Waals surface area contributed by atoms with Crippen LogP contribution in [0.4, 0.5) is 4.79 Å². The molecule has 3 amide bonds. The highest BCUT2D eigenvalue weighted by Gasteiger charge is 2.37. The molecule has 1 atom stereocenters. The van der Waals surface area contributed by atoms with Gasteiger partial charge in [0.15, 0.2) is 0 Å². The molecule has 2 saturated heterocycles. The monoisotopic (exact) mass is 330 g/mol. The fourth-order valence-electron chi connectivity index (χ4n) is 3.57. The van der Waals surface area contributed by atoms with E-state index in [1.54, 1.807) is 12.1 Å². The maximum atomic E-state index is 12.2. The third-order valence-electron chi connectivity index (χ3n) is 5.16. The van der Waals surface area contributed by atoms with Gasteiger partial charge in [-0.05, 0) is 44.0 Å². The van der Waals surface area contributed by atoms with Crippen molar-refractivity contribution in [2.75, 3.05) is 19.6 Å². The zero-order valence-corrected chi connectivity index (χ0v) is 14.2. The van der Waals surface area contributed by atoms with Crippen LogP contribution in [0.25, 0.3) is 0 Å². The van der Waals surface area contributed by atoms with E-state index in [0.29, 0.717) is 24.2 Å². The second-order valence-electron chi connectivity index (χ2n) is 6.86. The molecule has 0 radical (unpaired) electrons. The van der Waals surface area contributed by atoms with Crippen molar-refractivity contribution in [1.82, 2.24) is 15.1 Å². The summed E-state index contributed by atoms with van der Waals surface area (Å²) in [7, 11) is 0. The molecule has 1 aromatic rings. The lowest BCUT2D eigenvalue weighted by atomic mass is 9.98. The molecule has 0 aromatic heterocycles. The predicted octanol–water partition coefficient (Wildman–Crippen LogP) is 1.55. The number of likely N-dealkylation sites (tertiary alicyclic amines) is 2. The summed E-state index contributed by atoms with van der Waals surface area (Å²) in [4.78, 5) is 27.7. The van der Waals surface area contributed by atoms with Crippen LogP contribution in [-0.4, -0.2) is 53.5 Å². The third kappa shape index (κ3) is 3.70. The van der Waals surface area contributed by atoms with E-state index in [4.69, 9.17) is 5.73 Å². The van der Waals surface area contributed by atoms with Crippen molar-refractivity contribution in [3.8, 4) is 0 Å². The summed E-state index contributed by atoms with van der Waals surface area (Å²) in [6, 6.07) is 8.12. The van der Waals surface area contributed by atoms with Crippen molar-refractivity contribution < 1.29 is 9.59 Å². The summed E-state index contributed by atoms with van der Waals surface area (Å²) in [6.07, 6.45) is 3.86. The molecule has 2 heterocycles. The van der Waals surface area contributed by atoms with E-state index in [0.717, 1.165) is 25.2 Å². The van der Waals surface area contributed by atoms with Crippen LogP contribution >= 0.6 is 0 Å². The van der Waals surface area contributed by atoms with Crippen molar-refractivity contribution >= 4 is 11.9 Å². The molecule has 0 bridgehead atoms. The number of primary amides is 1. The first-order chi connectivity index (χ1) is 11.5. The molecule has 0 aliphatic carbocycles. The van der Waals surface area contributed by atoms with Crippen molar-refractivity contribution in [2.24, 2.45) is 5.73 Å². The van der Waals surface area contributed by atoms with E-state index >= 15 is 0 Å². The number of carbonyl (C=O) groups excluding carboxylic acids is 2. The van der Waals surface area contributed by atoms with Crippen LogP contribution in [0.2, 0.25) is 0 Å². The number of rotatable bonds is 4. The van der Waals surface area contributed by atoms with Crippen LogP contribution in [0.3, 0.4) is 0 Å². The summed E-state index contributed by atoms with van der Waals surface area (Å²) in [6.45, 7) is 5.54. The van der Waals surface area contributed by atoms with Gasteiger partial charge in [-0.15, -0.1) is 0 Å². The molecular formula is C18H26N4O2.